The first kappa shape index (κ1) is 13.3. The molecule has 0 atom stereocenters. The molecule has 0 unspecified atom stereocenters. The highest BCUT2D eigenvalue weighted by Crippen LogP contribution is 2.18. The number of thioether (sulfide) groups is 1. The van der Waals surface area contributed by atoms with Crippen molar-refractivity contribution >= 4 is 17.6 Å². The molecule has 1 heterocycles. The van der Waals surface area contributed by atoms with Crippen LogP contribution in [0.2, 0.25) is 0 Å². The predicted molar refractivity (Wildman–Crippen MR) is 67.9 cm³/mol. The van der Waals surface area contributed by atoms with E-state index < -0.39 is 0 Å². The van der Waals surface area contributed by atoms with E-state index in [4.69, 9.17) is 4.74 Å². The summed E-state index contributed by atoms with van der Waals surface area (Å²) < 4.78 is 5.06. The van der Waals surface area contributed by atoms with Gasteiger partial charge in [0.05, 0.1) is 0 Å². The topological polar surface area (TPSA) is 47.0 Å². The molecule has 0 radical (unpaired) electrons. The lowest BCUT2D eigenvalue weighted by Gasteiger charge is -2.08. The van der Waals surface area contributed by atoms with Gasteiger partial charge in [-0.3, -0.25) is 0 Å². The lowest BCUT2D eigenvalue weighted by atomic mass is 10.4. The average molecular weight is 241 g/mol. The van der Waals surface area contributed by atoms with Gasteiger partial charge in [-0.05, 0) is 12.2 Å². The van der Waals surface area contributed by atoms with Crippen molar-refractivity contribution in [1.82, 2.24) is 9.97 Å². The molecule has 4 nitrogen and oxygen atoms in total. The van der Waals surface area contributed by atoms with Crippen molar-refractivity contribution in [2.45, 2.75) is 31.9 Å². The van der Waals surface area contributed by atoms with Crippen LogP contribution in [0.15, 0.2) is 11.1 Å². The molecule has 0 saturated carbocycles. The van der Waals surface area contributed by atoms with Gasteiger partial charge < -0.3 is 10.1 Å². The second-order valence-electron chi connectivity index (χ2n) is 3.30. The molecule has 0 bridgehead atoms. The van der Waals surface area contributed by atoms with E-state index in [1.807, 2.05) is 6.07 Å². The summed E-state index contributed by atoms with van der Waals surface area (Å²) in [6.07, 6.45) is 1.08. The molecule has 1 aromatic rings. The smallest absolute Gasteiger partial charge is 0.157 e. The van der Waals surface area contributed by atoms with Crippen LogP contribution in [0.5, 0.6) is 0 Å². The van der Waals surface area contributed by atoms with Crippen molar-refractivity contribution in [3.63, 3.8) is 0 Å². The van der Waals surface area contributed by atoms with E-state index in [9.17, 15) is 0 Å². The van der Waals surface area contributed by atoms with Gasteiger partial charge in [0.2, 0.25) is 0 Å². The number of ether oxygens (including phenoxy) is 1. The Labute approximate surface area is 101 Å². The Hall–Kier alpha value is -0.810. The van der Waals surface area contributed by atoms with Crippen molar-refractivity contribution in [2.75, 3.05) is 24.7 Å². The highest BCUT2D eigenvalue weighted by molar-refractivity contribution is 7.99. The van der Waals surface area contributed by atoms with Gasteiger partial charge in [-0.2, -0.15) is 0 Å². The van der Waals surface area contributed by atoms with Gasteiger partial charge >= 0.3 is 0 Å². The maximum Gasteiger partial charge on any atom is 0.157 e. The summed E-state index contributed by atoms with van der Waals surface area (Å²) in [5, 5.41) is 4.27. The maximum absolute atomic E-state index is 5.06. The number of hydrogen-bond acceptors (Lipinski definition) is 5. The van der Waals surface area contributed by atoms with E-state index in [1.165, 1.54) is 0 Å². The number of hydrogen-bond donors (Lipinski definition) is 1. The molecule has 90 valence electrons. The second kappa shape index (κ2) is 7.46. The van der Waals surface area contributed by atoms with E-state index in [-0.39, 0.29) is 0 Å². The zero-order valence-corrected chi connectivity index (χ0v) is 10.9. The third kappa shape index (κ3) is 4.37. The van der Waals surface area contributed by atoms with Crippen molar-refractivity contribution in [3.8, 4) is 0 Å². The summed E-state index contributed by atoms with van der Waals surface area (Å²) in [7, 11) is 1.65. The number of anilines is 1. The van der Waals surface area contributed by atoms with Gasteiger partial charge in [0.25, 0.3) is 0 Å². The Kier molecular flexibility index (Phi) is 6.18. The Morgan fingerprint density at radius 2 is 2.19 bits per heavy atom. The first-order chi connectivity index (χ1) is 7.80. The first-order valence-corrected chi connectivity index (χ1v) is 6.52. The molecule has 5 heteroatoms. The van der Waals surface area contributed by atoms with Crippen LogP contribution in [0.25, 0.3) is 0 Å². The van der Waals surface area contributed by atoms with Crippen molar-refractivity contribution in [2.24, 2.45) is 0 Å². The molecule has 1 aromatic heterocycles. The molecule has 1 rings (SSSR count). The second-order valence-corrected chi connectivity index (χ2v) is 4.58. The van der Waals surface area contributed by atoms with Crippen LogP contribution in [0.3, 0.4) is 0 Å². The first-order valence-electron chi connectivity index (χ1n) is 5.53. The fourth-order valence-corrected chi connectivity index (χ4v) is 1.89. The van der Waals surface area contributed by atoms with E-state index in [0.29, 0.717) is 6.61 Å². The average Bonchev–Trinajstić information content (AvgIpc) is 2.27. The molecule has 0 aromatic carbocycles. The van der Waals surface area contributed by atoms with Crippen molar-refractivity contribution in [1.29, 1.82) is 0 Å². The molecule has 0 spiro atoms. The van der Waals surface area contributed by atoms with Gasteiger partial charge in [0.15, 0.2) is 5.82 Å². The lowest BCUT2D eigenvalue weighted by molar-refractivity contribution is 0.177. The summed E-state index contributed by atoms with van der Waals surface area (Å²) in [6.45, 7) is 5.63. The summed E-state index contributed by atoms with van der Waals surface area (Å²) in [6, 6.07) is 1.99. The minimum atomic E-state index is 0.457. The molecule has 0 aliphatic heterocycles. The lowest BCUT2D eigenvalue weighted by Crippen LogP contribution is -2.06. The van der Waals surface area contributed by atoms with Gasteiger partial charge in [0, 0.05) is 19.7 Å². The Morgan fingerprint density at radius 1 is 1.38 bits per heavy atom. The third-order valence-electron chi connectivity index (χ3n) is 1.87. The fraction of sp³-hybridized carbons (Fsp3) is 0.636. The van der Waals surface area contributed by atoms with Crippen LogP contribution in [-0.2, 0) is 11.3 Å². The summed E-state index contributed by atoms with van der Waals surface area (Å²) in [5.74, 6) is 2.64. The Balaban J connectivity index is 2.80. The minimum absolute atomic E-state index is 0.457. The van der Waals surface area contributed by atoms with Gasteiger partial charge in [0.1, 0.15) is 17.5 Å². The molecule has 0 saturated heterocycles. The normalized spacial score (nSPS) is 10.4. The summed E-state index contributed by atoms with van der Waals surface area (Å²) >= 11 is 1.72. The molecule has 1 N–H and O–H groups in total. The van der Waals surface area contributed by atoms with Gasteiger partial charge in [-0.15, -0.1) is 11.8 Å². The monoisotopic (exact) mass is 241 g/mol. The zero-order chi connectivity index (χ0) is 11.8. The Morgan fingerprint density at radius 3 is 2.81 bits per heavy atom. The van der Waals surface area contributed by atoms with E-state index >= 15 is 0 Å². The van der Waals surface area contributed by atoms with E-state index in [0.717, 1.165) is 35.4 Å². The molecular weight excluding hydrogens is 222 g/mol. The predicted octanol–water partition coefficient (Wildman–Crippen LogP) is 2.56. The number of nitrogens with one attached hydrogen (secondary N) is 1. The van der Waals surface area contributed by atoms with Crippen LogP contribution in [0.4, 0.5) is 5.82 Å². The van der Waals surface area contributed by atoms with Crippen LogP contribution in [-0.4, -0.2) is 29.4 Å². The molecule has 16 heavy (non-hydrogen) atoms. The van der Waals surface area contributed by atoms with Crippen LogP contribution in [0, 0.1) is 0 Å². The Bertz CT molecular complexity index is 296. The standard InChI is InChI=1S/C11H19N3OS/c1-4-6-12-9-7-11(16-5-2)14-10(13-9)8-15-3/h7H,4-6,8H2,1-3H3,(H,12,13,14). The molecular formula is C11H19N3OS. The number of rotatable bonds is 7. The van der Waals surface area contributed by atoms with Crippen LogP contribution in [0.1, 0.15) is 26.1 Å². The molecule has 0 aliphatic carbocycles. The minimum Gasteiger partial charge on any atom is -0.377 e. The van der Waals surface area contributed by atoms with Crippen molar-refractivity contribution in [3.05, 3.63) is 11.9 Å². The van der Waals surface area contributed by atoms with Gasteiger partial charge in [-0.1, -0.05) is 13.8 Å². The van der Waals surface area contributed by atoms with Crippen LogP contribution >= 0.6 is 11.8 Å². The third-order valence-corrected chi connectivity index (χ3v) is 2.66. The number of aromatic nitrogens is 2. The SMILES string of the molecule is CCCNc1cc(SCC)nc(COC)n1. The number of methoxy groups -OCH3 is 1. The molecule has 0 fully saturated rings. The van der Waals surface area contributed by atoms with E-state index in [2.05, 4.69) is 29.1 Å². The largest absolute Gasteiger partial charge is 0.377 e. The van der Waals surface area contributed by atoms with E-state index in [1.54, 1.807) is 18.9 Å². The van der Waals surface area contributed by atoms with Crippen molar-refractivity contribution < 1.29 is 4.74 Å². The molecule has 0 amide bonds. The van der Waals surface area contributed by atoms with Crippen LogP contribution < -0.4 is 5.32 Å². The summed E-state index contributed by atoms with van der Waals surface area (Å²) in [5.41, 5.74) is 0. The highest BCUT2D eigenvalue weighted by atomic mass is 32.2. The summed E-state index contributed by atoms with van der Waals surface area (Å²) in [4.78, 5) is 8.79. The quantitative estimate of drug-likeness (QED) is 0.587. The highest BCUT2D eigenvalue weighted by Gasteiger charge is 2.04. The van der Waals surface area contributed by atoms with Gasteiger partial charge in [-0.25, -0.2) is 9.97 Å². The zero-order valence-electron chi connectivity index (χ0n) is 10.1. The molecule has 0 aliphatic rings. The number of nitrogens with zero attached hydrogens (tertiary/aromatic N) is 2. The fourth-order valence-electron chi connectivity index (χ4n) is 1.23. The maximum atomic E-state index is 5.06.